The number of allylic oxidation sites excluding steroid dienone is 1. The monoisotopic (exact) mass is 378 g/mol. The highest BCUT2D eigenvalue weighted by Crippen LogP contribution is 2.28. The summed E-state index contributed by atoms with van der Waals surface area (Å²) in [7, 11) is 0. The number of benzene rings is 2. The summed E-state index contributed by atoms with van der Waals surface area (Å²) in [4.78, 5) is 4.62. The summed E-state index contributed by atoms with van der Waals surface area (Å²) in [6, 6.07) is 18.1. The fraction of sp³-hybridized carbons (Fsp3) is 0.182. The van der Waals surface area contributed by atoms with Crippen molar-refractivity contribution in [3.05, 3.63) is 75.1 Å². The maximum Gasteiger partial charge on any atom is 0.134 e. The molecule has 3 rings (SSSR count). The highest BCUT2D eigenvalue weighted by Gasteiger charge is 2.13. The Morgan fingerprint density at radius 3 is 2.31 bits per heavy atom. The van der Waals surface area contributed by atoms with Crippen LogP contribution in [0, 0.1) is 11.3 Å². The van der Waals surface area contributed by atoms with Crippen LogP contribution in [0.3, 0.4) is 0 Å². The fourth-order valence-corrected chi connectivity index (χ4v) is 3.46. The van der Waals surface area contributed by atoms with Gasteiger partial charge in [-0.2, -0.15) is 5.26 Å². The van der Waals surface area contributed by atoms with Crippen molar-refractivity contribution in [3.8, 4) is 17.3 Å². The zero-order valence-electron chi connectivity index (χ0n) is 15.0. The van der Waals surface area contributed by atoms with E-state index in [4.69, 9.17) is 11.6 Å². The van der Waals surface area contributed by atoms with Gasteiger partial charge in [0.15, 0.2) is 0 Å². The van der Waals surface area contributed by atoms with Crippen molar-refractivity contribution in [2.75, 3.05) is 0 Å². The van der Waals surface area contributed by atoms with Crippen LogP contribution in [0.4, 0.5) is 0 Å². The average molecular weight is 379 g/mol. The summed E-state index contributed by atoms with van der Waals surface area (Å²) < 4.78 is 0. The van der Waals surface area contributed by atoms with Gasteiger partial charge >= 0.3 is 0 Å². The zero-order chi connectivity index (χ0) is 18.7. The first-order valence-electron chi connectivity index (χ1n) is 8.31. The predicted molar refractivity (Wildman–Crippen MR) is 111 cm³/mol. The van der Waals surface area contributed by atoms with Crippen LogP contribution in [0.1, 0.15) is 36.9 Å². The third-order valence-corrected chi connectivity index (χ3v) is 5.21. The van der Waals surface area contributed by atoms with Gasteiger partial charge in [-0.05, 0) is 34.8 Å². The Bertz CT molecular complexity index is 969. The molecule has 0 fully saturated rings. The van der Waals surface area contributed by atoms with Crippen molar-refractivity contribution in [3.63, 3.8) is 0 Å². The molecule has 0 spiro atoms. The molecular formula is C22H19ClN2S. The molecule has 1 aromatic heterocycles. The molecule has 0 N–H and O–H groups in total. The number of nitriles is 1. The standard InChI is InChI=1S/C22H19ClN2S/c1-22(2,3)18-8-4-15(5-9-18)12-17(13-24)21-25-20(14-26-21)16-6-10-19(23)11-7-16/h4-12,14H,1-3H3/b17-12-. The predicted octanol–water partition coefficient (Wildman–Crippen LogP) is 6.83. The Morgan fingerprint density at radius 2 is 1.73 bits per heavy atom. The van der Waals surface area contributed by atoms with Gasteiger partial charge in [-0.15, -0.1) is 11.3 Å². The van der Waals surface area contributed by atoms with Crippen molar-refractivity contribution < 1.29 is 0 Å². The molecule has 0 amide bonds. The molecule has 0 aliphatic heterocycles. The van der Waals surface area contributed by atoms with Gasteiger partial charge in [-0.1, -0.05) is 68.8 Å². The second kappa shape index (κ2) is 7.45. The topological polar surface area (TPSA) is 36.7 Å². The molecule has 4 heteroatoms. The summed E-state index contributed by atoms with van der Waals surface area (Å²) >= 11 is 7.41. The summed E-state index contributed by atoms with van der Waals surface area (Å²) in [6.07, 6.45) is 1.89. The molecule has 1 heterocycles. The highest BCUT2D eigenvalue weighted by molar-refractivity contribution is 7.11. The van der Waals surface area contributed by atoms with E-state index in [1.54, 1.807) is 0 Å². The van der Waals surface area contributed by atoms with Gasteiger partial charge in [-0.25, -0.2) is 4.98 Å². The van der Waals surface area contributed by atoms with Crippen LogP contribution in [-0.2, 0) is 5.41 Å². The Morgan fingerprint density at radius 1 is 1.08 bits per heavy atom. The van der Waals surface area contributed by atoms with E-state index in [9.17, 15) is 5.26 Å². The fourth-order valence-electron chi connectivity index (χ4n) is 2.54. The van der Waals surface area contributed by atoms with Crippen LogP contribution >= 0.6 is 22.9 Å². The number of hydrogen-bond acceptors (Lipinski definition) is 3. The van der Waals surface area contributed by atoms with Gasteiger partial charge in [0.2, 0.25) is 0 Å². The van der Waals surface area contributed by atoms with E-state index in [1.807, 2.05) is 47.9 Å². The molecule has 0 unspecified atom stereocenters. The zero-order valence-corrected chi connectivity index (χ0v) is 16.5. The van der Waals surface area contributed by atoms with Crippen molar-refractivity contribution in [2.45, 2.75) is 26.2 Å². The van der Waals surface area contributed by atoms with E-state index in [0.717, 1.165) is 21.8 Å². The number of rotatable bonds is 3. The number of thiazole rings is 1. The first kappa shape index (κ1) is 18.4. The highest BCUT2D eigenvalue weighted by atomic mass is 35.5. The number of halogens is 1. The van der Waals surface area contributed by atoms with Gasteiger partial charge in [0, 0.05) is 16.0 Å². The van der Waals surface area contributed by atoms with E-state index in [1.165, 1.54) is 16.9 Å². The van der Waals surface area contributed by atoms with Gasteiger partial charge in [-0.3, -0.25) is 0 Å². The second-order valence-corrected chi connectivity index (χ2v) is 8.38. The molecule has 2 aromatic carbocycles. The maximum absolute atomic E-state index is 9.57. The summed E-state index contributed by atoms with van der Waals surface area (Å²) in [5.41, 5.74) is 4.79. The molecule has 0 saturated heterocycles. The molecule has 0 aliphatic carbocycles. The van der Waals surface area contributed by atoms with Crippen molar-refractivity contribution in [2.24, 2.45) is 0 Å². The van der Waals surface area contributed by atoms with Crippen LogP contribution < -0.4 is 0 Å². The Kier molecular flexibility index (Phi) is 5.27. The second-order valence-electron chi connectivity index (χ2n) is 7.09. The lowest BCUT2D eigenvalue weighted by molar-refractivity contribution is 0.590. The van der Waals surface area contributed by atoms with E-state index in [2.05, 4.69) is 44.0 Å². The normalized spacial score (nSPS) is 12.0. The minimum Gasteiger partial charge on any atom is -0.235 e. The van der Waals surface area contributed by atoms with Crippen LogP contribution in [0.15, 0.2) is 53.9 Å². The van der Waals surface area contributed by atoms with Gasteiger partial charge < -0.3 is 0 Å². The van der Waals surface area contributed by atoms with Crippen LogP contribution in [0.5, 0.6) is 0 Å². The van der Waals surface area contributed by atoms with Crippen molar-refractivity contribution >= 4 is 34.6 Å². The molecular weight excluding hydrogens is 360 g/mol. The number of hydrogen-bond donors (Lipinski definition) is 0. The minimum absolute atomic E-state index is 0.114. The largest absolute Gasteiger partial charge is 0.235 e. The summed E-state index contributed by atoms with van der Waals surface area (Å²) in [5.74, 6) is 0. The quantitative estimate of drug-likeness (QED) is 0.468. The molecule has 26 heavy (non-hydrogen) atoms. The van der Waals surface area contributed by atoms with Crippen LogP contribution in [0.2, 0.25) is 5.02 Å². The average Bonchev–Trinajstić information content (AvgIpc) is 3.10. The molecule has 0 bridgehead atoms. The SMILES string of the molecule is CC(C)(C)c1ccc(/C=C(/C#N)c2nc(-c3ccc(Cl)cc3)cs2)cc1. The van der Waals surface area contributed by atoms with E-state index in [-0.39, 0.29) is 5.41 Å². The summed E-state index contributed by atoms with van der Waals surface area (Å²) in [5, 5.41) is 13.0. The van der Waals surface area contributed by atoms with E-state index in [0.29, 0.717) is 10.6 Å². The lowest BCUT2D eigenvalue weighted by atomic mass is 9.86. The van der Waals surface area contributed by atoms with Crippen molar-refractivity contribution in [1.29, 1.82) is 5.26 Å². The van der Waals surface area contributed by atoms with Gasteiger partial charge in [0.25, 0.3) is 0 Å². The van der Waals surface area contributed by atoms with E-state index < -0.39 is 0 Å². The van der Waals surface area contributed by atoms with Crippen LogP contribution in [0.25, 0.3) is 22.9 Å². The molecule has 130 valence electrons. The maximum atomic E-state index is 9.57. The molecule has 0 saturated carbocycles. The first-order chi connectivity index (χ1) is 12.4. The lowest BCUT2D eigenvalue weighted by Crippen LogP contribution is -2.10. The molecule has 3 aromatic rings. The first-order valence-corrected chi connectivity index (χ1v) is 9.57. The van der Waals surface area contributed by atoms with Crippen LogP contribution in [-0.4, -0.2) is 4.98 Å². The number of aromatic nitrogens is 1. The molecule has 0 atom stereocenters. The van der Waals surface area contributed by atoms with Gasteiger partial charge in [0.05, 0.1) is 11.3 Å². The Balaban J connectivity index is 1.88. The Hall–Kier alpha value is -2.41. The van der Waals surface area contributed by atoms with Crippen molar-refractivity contribution in [1.82, 2.24) is 4.98 Å². The molecule has 2 nitrogen and oxygen atoms in total. The molecule has 0 aliphatic rings. The lowest BCUT2D eigenvalue weighted by Gasteiger charge is -2.18. The minimum atomic E-state index is 0.114. The molecule has 0 radical (unpaired) electrons. The smallest absolute Gasteiger partial charge is 0.134 e. The third kappa shape index (κ3) is 4.22. The van der Waals surface area contributed by atoms with Gasteiger partial charge in [0.1, 0.15) is 11.1 Å². The summed E-state index contributed by atoms with van der Waals surface area (Å²) in [6.45, 7) is 6.56. The number of nitrogens with zero attached hydrogens (tertiary/aromatic N) is 2. The third-order valence-electron chi connectivity index (χ3n) is 4.08. The van der Waals surface area contributed by atoms with E-state index >= 15 is 0 Å². The Labute approximate surface area is 163 Å².